The molecule has 2 heteroatoms. The fraction of sp³-hybridized carbons (Fsp3) is 0.462. The van der Waals surface area contributed by atoms with Crippen LogP contribution in [0.5, 0.6) is 0 Å². The summed E-state index contributed by atoms with van der Waals surface area (Å²) < 4.78 is 0. The van der Waals surface area contributed by atoms with Crippen LogP contribution in [-0.2, 0) is 0 Å². The van der Waals surface area contributed by atoms with Gasteiger partial charge in [0.05, 0.1) is 8.07 Å². The third-order valence-electron chi connectivity index (χ3n) is 3.62. The summed E-state index contributed by atoms with van der Waals surface area (Å²) in [6, 6.07) is 8.05. The van der Waals surface area contributed by atoms with Gasteiger partial charge in [-0.2, -0.15) is 0 Å². The van der Waals surface area contributed by atoms with Crippen molar-refractivity contribution >= 4 is 19.5 Å². The molecular formula is C13H20OSi. The topological polar surface area (TPSA) is 17.1 Å². The van der Waals surface area contributed by atoms with Crippen molar-refractivity contribution in [3.63, 3.8) is 0 Å². The summed E-state index contributed by atoms with van der Waals surface area (Å²) in [4.78, 5) is 10.8. The zero-order chi connectivity index (χ0) is 11.7. The Morgan fingerprint density at radius 2 is 1.80 bits per heavy atom. The zero-order valence-electron chi connectivity index (χ0n) is 10.3. The van der Waals surface area contributed by atoms with Crippen LogP contribution in [0.2, 0.25) is 18.1 Å². The molecule has 0 saturated carbocycles. The SMILES string of the molecule is CC(C)(C)[Si](C)(C)c1cccc(C=O)c1. The molecule has 1 aromatic rings. The third kappa shape index (κ3) is 2.37. The Balaban J connectivity index is 3.21. The number of carbonyl (C=O) groups is 1. The second-order valence-corrected chi connectivity index (χ2v) is 10.9. The Morgan fingerprint density at radius 1 is 1.20 bits per heavy atom. The molecule has 15 heavy (non-hydrogen) atoms. The van der Waals surface area contributed by atoms with E-state index in [1.807, 2.05) is 18.2 Å². The smallest absolute Gasteiger partial charge is 0.150 e. The minimum Gasteiger partial charge on any atom is -0.298 e. The molecule has 0 amide bonds. The number of aldehydes is 1. The van der Waals surface area contributed by atoms with E-state index in [-0.39, 0.29) is 0 Å². The fourth-order valence-corrected chi connectivity index (χ4v) is 3.34. The summed E-state index contributed by atoms with van der Waals surface area (Å²) in [5, 5.41) is 1.67. The van der Waals surface area contributed by atoms with Crippen LogP contribution in [0.25, 0.3) is 0 Å². The largest absolute Gasteiger partial charge is 0.298 e. The van der Waals surface area contributed by atoms with E-state index in [2.05, 4.69) is 39.9 Å². The fourth-order valence-electron chi connectivity index (χ4n) is 1.43. The first-order valence-corrected chi connectivity index (χ1v) is 8.35. The number of hydrogen-bond acceptors (Lipinski definition) is 1. The molecule has 0 spiro atoms. The van der Waals surface area contributed by atoms with Gasteiger partial charge in [-0.15, -0.1) is 0 Å². The van der Waals surface area contributed by atoms with Crippen molar-refractivity contribution < 1.29 is 4.79 Å². The maximum Gasteiger partial charge on any atom is 0.150 e. The minimum atomic E-state index is -1.49. The number of hydrogen-bond donors (Lipinski definition) is 0. The van der Waals surface area contributed by atoms with Crippen LogP contribution in [-0.4, -0.2) is 14.4 Å². The van der Waals surface area contributed by atoms with Gasteiger partial charge in [0.1, 0.15) is 6.29 Å². The molecule has 0 aliphatic carbocycles. The highest BCUT2D eigenvalue weighted by atomic mass is 28.3. The lowest BCUT2D eigenvalue weighted by molar-refractivity contribution is 0.112. The van der Waals surface area contributed by atoms with Crippen molar-refractivity contribution in [1.82, 2.24) is 0 Å². The summed E-state index contributed by atoms with van der Waals surface area (Å²) in [5.74, 6) is 0. The molecule has 0 fully saturated rings. The van der Waals surface area contributed by atoms with Gasteiger partial charge in [0.2, 0.25) is 0 Å². The van der Waals surface area contributed by atoms with Crippen molar-refractivity contribution in [3.8, 4) is 0 Å². The first kappa shape index (κ1) is 12.2. The molecule has 0 saturated heterocycles. The van der Waals surface area contributed by atoms with E-state index < -0.39 is 8.07 Å². The van der Waals surface area contributed by atoms with E-state index in [0.717, 1.165) is 11.8 Å². The quantitative estimate of drug-likeness (QED) is 0.552. The lowest BCUT2D eigenvalue weighted by Crippen LogP contribution is -2.49. The summed E-state index contributed by atoms with van der Waals surface area (Å²) in [7, 11) is -1.49. The predicted octanol–water partition coefficient (Wildman–Crippen LogP) is 3.21. The van der Waals surface area contributed by atoms with Gasteiger partial charge < -0.3 is 0 Å². The van der Waals surface area contributed by atoms with Crippen LogP contribution in [0.1, 0.15) is 31.1 Å². The monoisotopic (exact) mass is 220 g/mol. The lowest BCUT2D eigenvalue weighted by Gasteiger charge is -2.37. The van der Waals surface area contributed by atoms with E-state index in [1.165, 1.54) is 5.19 Å². The van der Waals surface area contributed by atoms with Crippen molar-refractivity contribution in [2.45, 2.75) is 38.9 Å². The van der Waals surface area contributed by atoms with Gasteiger partial charge in [0.25, 0.3) is 0 Å². The van der Waals surface area contributed by atoms with Crippen molar-refractivity contribution in [1.29, 1.82) is 0 Å². The van der Waals surface area contributed by atoms with Crippen LogP contribution < -0.4 is 5.19 Å². The number of carbonyl (C=O) groups excluding carboxylic acids is 1. The molecule has 0 aromatic heterocycles. The Hall–Kier alpha value is -0.893. The molecule has 0 radical (unpaired) electrons. The van der Waals surface area contributed by atoms with Gasteiger partial charge in [-0.3, -0.25) is 4.79 Å². The van der Waals surface area contributed by atoms with Crippen LogP contribution in [0, 0.1) is 0 Å². The van der Waals surface area contributed by atoms with E-state index in [0.29, 0.717) is 5.04 Å². The van der Waals surface area contributed by atoms with Gasteiger partial charge in [-0.1, -0.05) is 63.3 Å². The Labute approximate surface area is 93.5 Å². The molecule has 0 atom stereocenters. The predicted molar refractivity (Wildman–Crippen MR) is 68.7 cm³/mol. The van der Waals surface area contributed by atoms with Gasteiger partial charge in [-0.25, -0.2) is 0 Å². The molecule has 1 aromatic carbocycles. The van der Waals surface area contributed by atoms with Gasteiger partial charge in [-0.05, 0) is 5.04 Å². The summed E-state index contributed by atoms with van der Waals surface area (Å²) in [5.41, 5.74) is 0.789. The Morgan fingerprint density at radius 3 is 2.27 bits per heavy atom. The first-order chi connectivity index (χ1) is 6.79. The second-order valence-electron chi connectivity index (χ2n) is 5.62. The van der Waals surface area contributed by atoms with Crippen LogP contribution >= 0.6 is 0 Å². The molecular weight excluding hydrogens is 200 g/mol. The van der Waals surface area contributed by atoms with Crippen LogP contribution in [0.3, 0.4) is 0 Å². The van der Waals surface area contributed by atoms with Crippen molar-refractivity contribution in [2.75, 3.05) is 0 Å². The van der Waals surface area contributed by atoms with E-state index >= 15 is 0 Å². The lowest BCUT2D eigenvalue weighted by atomic mass is 10.2. The molecule has 1 nitrogen and oxygen atoms in total. The molecule has 0 heterocycles. The normalized spacial score (nSPS) is 12.6. The summed E-state index contributed by atoms with van der Waals surface area (Å²) in [6.45, 7) is 11.6. The zero-order valence-corrected chi connectivity index (χ0v) is 11.3. The van der Waals surface area contributed by atoms with Gasteiger partial charge in [0.15, 0.2) is 0 Å². The first-order valence-electron chi connectivity index (χ1n) is 5.35. The highest BCUT2D eigenvalue weighted by Crippen LogP contribution is 2.35. The highest BCUT2D eigenvalue weighted by molar-refractivity contribution is 6.92. The maximum atomic E-state index is 10.8. The molecule has 0 aliphatic rings. The number of rotatable bonds is 2. The average molecular weight is 220 g/mol. The van der Waals surface area contributed by atoms with Crippen molar-refractivity contribution in [3.05, 3.63) is 29.8 Å². The van der Waals surface area contributed by atoms with Gasteiger partial charge >= 0.3 is 0 Å². The van der Waals surface area contributed by atoms with Crippen LogP contribution in [0.15, 0.2) is 24.3 Å². The summed E-state index contributed by atoms with van der Waals surface area (Å²) in [6.07, 6.45) is 0.927. The molecule has 1 rings (SSSR count). The van der Waals surface area contributed by atoms with E-state index in [9.17, 15) is 4.79 Å². The van der Waals surface area contributed by atoms with Gasteiger partial charge in [0, 0.05) is 5.56 Å². The highest BCUT2D eigenvalue weighted by Gasteiger charge is 2.36. The number of benzene rings is 1. The molecule has 0 bridgehead atoms. The summed E-state index contributed by atoms with van der Waals surface area (Å²) >= 11 is 0. The Kier molecular flexibility index (Phi) is 3.19. The minimum absolute atomic E-state index is 0.314. The molecule has 0 aliphatic heterocycles. The van der Waals surface area contributed by atoms with E-state index in [4.69, 9.17) is 0 Å². The molecule has 82 valence electrons. The molecule has 0 unspecified atom stereocenters. The van der Waals surface area contributed by atoms with E-state index in [1.54, 1.807) is 0 Å². The third-order valence-corrected chi connectivity index (χ3v) is 9.12. The standard InChI is InChI=1S/C13H20OSi/c1-13(2,3)15(4,5)12-8-6-7-11(9-12)10-14/h6-10H,1-5H3. The maximum absolute atomic E-state index is 10.8. The Bertz CT molecular complexity index is 361. The van der Waals surface area contributed by atoms with Crippen LogP contribution in [0.4, 0.5) is 0 Å². The van der Waals surface area contributed by atoms with Crippen molar-refractivity contribution in [2.24, 2.45) is 0 Å². The second kappa shape index (κ2) is 3.93. The molecule has 0 N–H and O–H groups in total. The average Bonchev–Trinajstić information content (AvgIpc) is 2.16.